The fraction of sp³-hybridized carbons (Fsp3) is 0.444. The zero-order valence-corrected chi connectivity index (χ0v) is 6.38. The maximum absolute atomic E-state index is 6.51. The molecular weight excluding hydrogens is 122 g/mol. The van der Waals surface area contributed by atoms with E-state index >= 15 is 0 Å². The van der Waals surface area contributed by atoms with Crippen LogP contribution in [0.15, 0.2) is 24.3 Å². The summed E-state index contributed by atoms with van der Waals surface area (Å²) >= 11 is 0. The first-order valence-electron chi connectivity index (χ1n) is 3.53. The van der Waals surface area contributed by atoms with Crippen LogP contribution in [0.2, 0.25) is 0 Å². The van der Waals surface area contributed by atoms with Crippen molar-refractivity contribution in [3.63, 3.8) is 0 Å². The molecule has 0 heterocycles. The second kappa shape index (κ2) is 7.97. The maximum atomic E-state index is 6.51. The van der Waals surface area contributed by atoms with Crippen molar-refractivity contribution in [3.05, 3.63) is 35.7 Å². The van der Waals surface area contributed by atoms with E-state index in [0.717, 1.165) is 12.8 Å². The zero-order chi connectivity index (χ0) is 7.66. The molecule has 0 rings (SSSR count). The molecule has 0 atom stereocenters. The summed E-state index contributed by atoms with van der Waals surface area (Å²) < 4.78 is 0. The van der Waals surface area contributed by atoms with Crippen molar-refractivity contribution in [2.45, 2.75) is 19.8 Å². The highest BCUT2D eigenvalue weighted by Gasteiger charge is 1.81. The molecule has 54 valence electrons. The molecule has 0 aromatic carbocycles. The lowest BCUT2D eigenvalue weighted by molar-refractivity contribution is 0.923. The van der Waals surface area contributed by atoms with Gasteiger partial charge in [-0.05, 0) is 13.3 Å². The molecule has 10 heavy (non-hydrogen) atoms. The molecule has 0 saturated carbocycles. The van der Waals surface area contributed by atoms with Crippen LogP contribution in [-0.2, 0) is 0 Å². The number of hydrogen-bond acceptors (Lipinski definition) is 0. The molecule has 0 aliphatic carbocycles. The molecule has 0 fully saturated rings. The van der Waals surface area contributed by atoms with Crippen LogP contribution < -0.4 is 0 Å². The lowest BCUT2D eigenvalue weighted by Gasteiger charge is -1.81. The minimum Gasteiger partial charge on any atom is -0.317 e. The van der Waals surface area contributed by atoms with E-state index in [4.69, 9.17) is 6.57 Å². The average molecular weight is 135 g/mol. The van der Waals surface area contributed by atoms with Crippen LogP contribution >= 0.6 is 0 Å². The SMILES string of the molecule is [C-]#[N+]CCC/C=C/C=C/C. The van der Waals surface area contributed by atoms with Crippen molar-refractivity contribution in [2.24, 2.45) is 0 Å². The largest absolute Gasteiger partial charge is 0.317 e. The van der Waals surface area contributed by atoms with Gasteiger partial charge in [-0.15, -0.1) is 0 Å². The number of rotatable bonds is 4. The van der Waals surface area contributed by atoms with Gasteiger partial charge < -0.3 is 4.85 Å². The van der Waals surface area contributed by atoms with Gasteiger partial charge in [0.05, 0.1) is 0 Å². The first-order valence-corrected chi connectivity index (χ1v) is 3.53. The maximum Gasteiger partial charge on any atom is 0.215 e. The Morgan fingerprint density at radius 2 is 2.20 bits per heavy atom. The molecule has 0 N–H and O–H groups in total. The summed E-state index contributed by atoms with van der Waals surface area (Å²) in [6, 6.07) is 0. The van der Waals surface area contributed by atoms with E-state index in [9.17, 15) is 0 Å². The van der Waals surface area contributed by atoms with E-state index in [0.29, 0.717) is 6.54 Å². The molecule has 0 bridgehead atoms. The normalized spacial score (nSPS) is 10.8. The molecule has 1 heteroatoms. The second-order valence-electron chi connectivity index (χ2n) is 1.98. The fourth-order valence-corrected chi connectivity index (χ4v) is 0.574. The predicted molar refractivity (Wildman–Crippen MR) is 44.7 cm³/mol. The predicted octanol–water partition coefficient (Wildman–Crippen LogP) is 2.82. The first-order chi connectivity index (χ1) is 4.91. The second-order valence-corrected chi connectivity index (χ2v) is 1.98. The Labute approximate surface area is 62.9 Å². The van der Waals surface area contributed by atoms with Crippen molar-refractivity contribution < 1.29 is 0 Å². The Hall–Kier alpha value is -1.03. The molecule has 0 aliphatic heterocycles. The summed E-state index contributed by atoms with van der Waals surface area (Å²) in [5.74, 6) is 0. The first kappa shape index (κ1) is 8.97. The minimum atomic E-state index is 0.653. The quantitative estimate of drug-likeness (QED) is 0.317. The van der Waals surface area contributed by atoms with Crippen LogP contribution in [0, 0.1) is 6.57 Å². The lowest BCUT2D eigenvalue weighted by Crippen LogP contribution is -1.72. The smallest absolute Gasteiger partial charge is 0.215 e. The molecule has 1 nitrogen and oxygen atoms in total. The van der Waals surface area contributed by atoms with Crippen molar-refractivity contribution >= 4 is 0 Å². The summed E-state index contributed by atoms with van der Waals surface area (Å²) in [5.41, 5.74) is 0. The summed E-state index contributed by atoms with van der Waals surface area (Å²) in [4.78, 5) is 3.25. The van der Waals surface area contributed by atoms with E-state index in [1.165, 1.54) is 0 Å². The highest BCUT2D eigenvalue weighted by molar-refractivity contribution is 5.00. The Morgan fingerprint density at radius 1 is 1.40 bits per heavy atom. The fourth-order valence-electron chi connectivity index (χ4n) is 0.574. The van der Waals surface area contributed by atoms with Crippen LogP contribution in [0.25, 0.3) is 4.85 Å². The van der Waals surface area contributed by atoms with Gasteiger partial charge in [-0.25, -0.2) is 6.57 Å². The topological polar surface area (TPSA) is 4.36 Å². The van der Waals surface area contributed by atoms with Gasteiger partial charge in [-0.2, -0.15) is 0 Å². The van der Waals surface area contributed by atoms with Gasteiger partial charge in [0, 0.05) is 6.42 Å². The molecule has 0 aliphatic rings. The van der Waals surface area contributed by atoms with Gasteiger partial charge in [0.25, 0.3) is 0 Å². The molecule has 0 saturated heterocycles. The van der Waals surface area contributed by atoms with Crippen molar-refractivity contribution in [1.82, 2.24) is 0 Å². The zero-order valence-electron chi connectivity index (χ0n) is 6.38. The molecular formula is C9H13N. The highest BCUT2D eigenvalue weighted by Crippen LogP contribution is 1.91. The van der Waals surface area contributed by atoms with Crippen molar-refractivity contribution in [2.75, 3.05) is 6.54 Å². The van der Waals surface area contributed by atoms with E-state index in [-0.39, 0.29) is 0 Å². The van der Waals surface area contributed by atoms with E-state index in [2.05, 4.69) is 10.9 Å². The summed E-state index contributed by atoms with van der Waals surface area (Å²) in [7, 11) is 0. The molecule has 0 aromatic heterocycles. The number of nitrogens with zero attached hydrogens (tertiary/aromatic N) is 1. The van der Waals surface area contributed by atoms with Crippen LogP contribution in [0.4, 0.5) is 0 Å². The number of hydrogen-bond donors (Lipinski definition) is 0. The minimum absolute atomic E-state index is 0.653. The van der Waals surface area contributed by atoms with Gasteiger partial charge in [0.2, 0.25) is 6.54 Å². The summed E-state index contributed by atoms with van der Waals surface area (Å²) in [6.45, 7) is 9.15. The molecule has 0 unspecified atom stereocenters. The third-order valence-corrected chi connectivity index (χ3v) is 1.08. The Bertz CT molecular complexity index is 149. The lowest BCUT2D eigenvalue weighted by atomic mass is 10.3. The highest BCUT2D eigenvalue weighted by atomic mass is 14.6. The molecule has 0 radical (unpaired) electrons. The van der Waals surface area contributed by atoms with Gasteiger partial charge in [-0.1, -0.05) is 24.3 Å². The van der Waals surface area contributed by atoms with Crippen LogP contribution in [0.3, 0.4) is 0 Å². The van der Waals surface area contributed by atoms with Crippen molar-refractivity contribution in [1.29, 1.82) is 0 Å². The average Bonchev–Trinajstić information content (AvgIpc) is 1.97. The van der Waals surface area contributed by atoms with Crippen LogP contribution in [-0.4, -0.2) is 6.54 Å². The molecule has 0 spiro atoms. The number of unbranched alkanes of at least 4 members (excludes halogenated alkanes) is 1. The van der Waals surface area contributed by atoms with Gasteiger partial charge >= 0.3 is 0 Å². The van der Waals surface area contributed by atoms with E-state index in [1.54, 1.807) is 0 Å². The van der Waals surface area contributed by atoms with Crippen LogP contribution in [0.1, 0.15) is 19.8 Å². The Kier molecular flexibility index (Phi) is 7.15. The van der Waals surface area contributed by atoms with Crippen molar-refractivity contribution in [3.8, 4) is 0 Å². The molecule has 0 aromatic rings. The number of allylic oxidation sites excluding steroid dienone is 4. The Balaban J connectivity index is 3.12. The van der Waals surface area contributed by atoms with Crippen LogP contribution in [0.5, 0.6) is 0 Å². The van der Waals surface area contributed by atoms with E-state index < -0.39 is 0 Å². The van der Waals surface area contributed by atoms with Gasteiger partial charge in [0.1, 0.15) is 0 Å². The summed E-state index contributed by atoms with van der Waals surface area (Å²) in [6.07, 6.45) is 10.1. The third kappa shape index (κ3) is 6.97. The Morgan fingerprint density at radius 3 is 2.80 bits per heavy atom. The molecule has 0 amide bonds. The summed E-state index contributed by atoms with van der Waals surface area (Å²) in [5, 5.41) is 0. The van der Waals surface area contributed by atoms with E-state index in [1.807, 2.05) is 25.2 Å². The monoisotopic (exact) mass is 135 g/mol. The standard InChI is InChI=1S/C9H13N/c1-3-4-5-6-7-8-9-10-2/h3-6H,7-9H2,1H3/b4-3+,6-5+. The third-order valence-electron chi connectivity index (χ3n) is 1.08. The van der Waals surface area contributed by atoms with Gasteiger partial charge in [0.15, 0.2) is 0 Å². The van der Waals surface area contributed by atoms with Gasteiger partial charge in [-0.3, -0.25) is 0 Å².